The van der Waals surface area contributed by atoms with E-state index in [1.54, 1.807) is 18.9 Å². The zero-order valence-electron chi connectivity index (χ0n) is 12.6. The van der Waals surface area contributed by atoms with Gasteiger partial charge in [-0.3, -0.25) is 0 Å². The largest absolute Gasteiger partial charge is 0.497 e. The van der Waals surface area contributed by atoms with E-state index in [1.807, 2.05) is 12.1 Å². The fraction of sp³-hybridized carbons (Fsp3) is 0.333. The monoisotopic (exact) mass is 302 g/mol. The van der Waals surface area contributed by atoms with E-state index in [4.69, 9.17) is 4.74 Å². The van der Waals surface area contributed by atoms with E-state index in [2.05, 4.69) is 43.3 Å². The van der Waals surface area contributed by atoms with Crippen molar-refractivity contribution in [1.29, 1.82) is 0 Å². The van der Waals surface area contributed by atoms with E-state index in [-0.39, 0.29) is 6.10 Å². The van der Waals surface area contributed by atoms with E-state index in [9.17, 15) is 5.11 Å². The molecule has 0 fully saturated rings. The van der Waals surface area contributed by atoms with Gasteiger partial charge in [-0.15, -0.1) is 11.8 Å². The summed E-state index contributed by atoms with van der Waals surface area (Å²) >= 11 is 1.71. The summed E-state index contributed by atoms with van der Waals surface area (Å²) in [7, 11) is 1.67. The quantitative estimate of drug-likeness (QED) is 0.781. The van der Waals surface area contributed by atoms with Crippen LogP contribution in [0.15, 0.2) is 53.4 Å². The van der Waals surface area contributed by atoms with Gasteiger partial charge in [0.1, 0.15) is 5.75 Å². The van der Waals surface area contributed by atoms with E-state index >= 15 is 0 Å². The van der Waals surface area contributed by atoms with Gasteiger partial charge in [-0.2, -0.15) is 0 Å². The molecular formula is C18H22O2S. The Kier molecular flexibility index (Phi) is 6.15. The van der Waals surface area contributed by atoms with E-state index in [1.165, 1.54) is 16.0 Å². The van der Waals surface area contributed by atoms with Crippen molar-refractivity contribution in [3.05, 3.63) is 59.7 Å². The number of benzene rings is 2. The van der Waals surface area contributed by atoms with Gasteiger partial charge in [0, 0.05) is 10.6 Å². The Hall–Kier alpha value is -1.45. The van der Waals surface area contributed by atoms with Crippen LogP contribution in [0.4, 0.5) is 0 Å². The molecule has 0 saturated carbocycles. The highest BCUT2D eigenvalue weighted by atomic mass is 32.2. The summed E-state index contributed by atoms with van der Waals surface area (Å²) in [5.41, 5.74) is 2.49. The molecular weight excluding hydrogens is 280 g/mol. The number of methoxy groups -OCH3 is 1. The van der Waals surface area contributed by atoms with Gasteiger partial charge in [-0.05, 0) is 49.6 Å². The van der Waals surface area contributed by atoms with Crippen molar-refractivity contribution in [2.75, 3.05) is 12.9 Å². The molecule has 21 heavy (non-hydrogen) atoms. The van der Waals surface area contributed by atoms with Crippen molar-refractivity contribution in [3.63, 3.8) is 0 Å². The summed E-state index contributed by atoms with van der Waals surface area (Å²) in [5.74, 6) is 1.61. The molecule has 1 atom stereocenters. The standard InChI is InChI=1S/C18H22O2S/c1-14-4-3-5-18(12-14)21-13-16(19)9-6-15-7-10-17(20-2)11-8-15/h3-5,7-8,10-12,16,19H,6,9,13H2,1-2H3. The molecule has 0 aliphatic carbocycles. The lowest BCUT2D eigenvalue weighted by Crippen LogP contribution is -2.11. The number of aliphatic hydroxyl groups is 1. The Bertz CT molecular complexity index is 551. The van der Waals surface area contributed by atoms with E-state index < -0.39 is 0 Å². The highest BCUT2D eigenvalue weighted by Crippen LogP contribution is 2.21. The minimum atomic E-state index is -0.280. The number of aryl methyl sites for hydroxylation is 2. The van der Waals surface area contributed by atoms with Crippen LogP contribution in [0.25, 0.3) is 0 Å². The van der Waals surface area contributed by atoms with Crippen LogP contribution in [0.3, 0.4) is 0 Å². The predicted octanol–water partition coefficient (Wildman–Crippen LogP) is 4.09. The van der Waals surface area contributed by atoms with Crippen molar-refractivity contribution in [2.24, 2.45) is 0 Å². The zero-order chi connectivity index (χ0) is 15.1. The molecule has 0 saturated heterocycles. The fourth-order valence-electron chi connectivity index (χ4n) is 2.11. The Morgan fingerprint density at radius 2 is 1.90 bits per heavy atom. The number of hydrogen-bond acceptors (Lipinski definition) is 3. The predicted molar refractivity (Wildman–Crippen MR) is 89.2 cm³/mol. The van der Waals surface area contributed by atoms with Crippen molar-refractivity contribution >= 4 is 11.8 Å². The zero-order valence-corrected chi connectivity index (χ0v) is 13.4. The first-order chi connectivity index (χ1) is 10.2. The van der Waals surface area contributed by atoms with Crippen LogP contribution in [-0.2, 0) is 6.42 Å². The number of hydrogen-bond donors (Lipinski definition) is 1. The number of aliphatic hydroxyl groups excluding tert-OH is 1. The molecule has 1 N–H and O–H groups in total. The third kappa shape index (κ3) is 5.44. The molecule has 0 heterocycles. The Balaban J connectivity index is 1.75. The second-order valence-corrected chi connectivity index (χ2v) is 6.26. The topological polar surface area (TPSA) is 29.5 Å². The van der Waals surface area contributed by atoms with Gasteiger partial charge in [-0.1, -0.05) is 29.8 Å². The summed E-state index contributed by atoms with van der Waals surface area (Å²) in [5, 5.41) is 10.1. The van der Waals surface area contributed by atoms with Crippen LogP contribution >= 0.6 is 11.8 Å². The normalized spacial score (nSPS) is 12.1. The van der Waals surface area contributed by atoms with Gasteiger partial charge in [0.25, 0.3) is 0 Å². The first-order valence-corrected chi connectivity index (χ1v) is 8.16. The molecule has 0 aliphatic rings. The Morgan fingerprint density at radius 3 is 2.57 bits per heavy atom. The smallest absolute Gasteiger partial charge is 0.118 e. The van der Waals surface area contributed by atoms with E-state index in [0.717, 1.165) is 24.3 Å². The molecule has 0 radical (unpaired) electrons. The Labute approximate surface area is 131 Å². The van der Waals surface area contributed by atoms with Gasteiger partial charge in [0.05, 0.1) is 13.2 Å². The molecule has 2 aromatic rings. The molecule has 0 aromatic heterocycles. The number of ether oxygens (including phenoxy) is 1. The van der Waals surface area contributed by atoms with Crippen LogP contribution < -0.4 is 4.74 Å². The van der Waals surface area contributed by atoms with Gasteiger partial charge >= 0.3 is 0 Å². The fourth-order valence-corrected chi connectivity index (χ4v) is 3.10. The molecule has 3 heteroatoms. The van der Waals surface area contributed by atoms with Gasteiger partial charge in [0.2, 0.25) is 0 Å². The van der Waals surface area contributed by atoms with Crippen molar-refractivity contribution in [3.8, 4) is 5.75 Å². The molecule has 2 nitrogen and oxygen atoms in total. The summed E-state index contributed by atoms with van der Waals surface area (Å²) in [4.78, 5) is 1.22. The average molecular weight is 302 g/mol. The van der Waals surface area contributed by atoms with Crippen LogP contribution in [0.5, 0.6) is 5.75 Å². The summed E-state index contributed by atoms with van der Waals surface area (Å²) < 4.78 is 5.14. The summed E-state index contributed by atoms with van der Waals surface area (Å²) in [6, 6.07) is 16.4. The molecule has 0 amide bonds. The highest BCUT2D eigenvalue weighted by molar-refractivity contribution is 7.99. The second-order valence-electron chi connectivity index (χ2n) is 5.17. The van der Waals surface area contributed by atoms with E-state index in [0.29, 0.717) is 0 Å². The number of rotatable bonds is 7. The van der Waals surface area contributed by atoms with Crippen molar-refractivity contribution in [2.45, 2.75) is 30.8 Å². The van der Waals surface area contributed by atoms with Crippen molar-refractivity contribution < 1.29 is 9.84 Å². The first-order valence-electron chi connectivity index (χ1n) is 7.18. The molecule has 112 valence electrons. The number of thioether (sulfide) groups is 1. The second kappa shape index (κ2) is 8.11. The minimum Gasteiger partial charge on any atom is -0.497 e. The third-order valence-electron chi connectivity index (χ3n) is 3.36. The maximum Gasteiger partial charge on any atom is 0.118 e. The summed E-state index contributed by atoms with van der Waals surface area (Å²) in [6.07, 6.45) is 1.39. The van der Waals surface area contributed by atoms with Crippen molar-refractivity contribution in [1.82, 2.24) is 0 Å². The molecule has 1 unspecified atom stereocenters. The lowest BCUT2D eigenvalue weighted by Gasteiger charge is -2.11. The van der Waals surface area contributed by atoms with Crippen LogP contribution in [-0.4, -0.2) is 24.1 Å². The highest BCUT2D eigenvalue weighted by Gasteiger charge is 2.06. The lowest BCUT2D eigenvalue weighted by molar-refractivity contribution is 0.189. The maximum absolute atomic E-state index is 10.1. The first kappa shape index (κ1) is 15.9. The van der Waals surface area contributed by atoms with Gasteiger partial charge < -0.3 is 9.84 Å². The SMILES string of the molecule is COc1ccc(CCC(O)CSc2cccc(C)c2)cc1. The third-order valence-corrected chi connectivity index (χ3v) is 4.50. The molecule has 0 spiro atoms. The lowest BCUT2D eigenvalue weighted by atomic mass is 10.1. The molecule has 0 aliphatic heterocycles. The van der Waals surface area contributed by atoms with Crippen LogP contribution in [0, 0.1) is 6.92 Å². The van der Waals surface area contributed by atoms with Crippen LogP contribution in [0.1, 0.15) is 17.5 Å². The summed E-state index contributed by atoms with van der Waals surface area (Å²) in [6.45, 7) is 2.09. The Morgan fingerprint density at radius 1 is 1.14 bits per heavy atom. The maximum atomic E-state index is 10.1. The minimum absolute atomic E-state index is 0.280. The molecule has 2 aromatic carbocycles. The average Bonchev–Trinajstić information content (AvgIpc) is 2.51. The van der Waals surface area contributed by atoms with Gasteiger partial charge in [0.15, 0.2) is 0 Å². The van der Waals surface area contributed by atoms with Crippen LogP contribution in [0.2, 0.25) is 0 Å². The van der Waals surface area contributed by atoms with Gasteiger partial charge in [-0.25, -0.2) is 0 Å². The molecule has 0 bridgehead atoms. The molecule has 2 rings (SSSR count).